The van der Waals surface area contributed by atoms with Crippen molar-refractivity contribution >= 4 is 17.5 Å². The first kappa shape index (κ1) is 14.9. The molecule has 2 aliphatic carbocycles. The zero-order valence-corrected chi connectivity index (χ0v) is 13.2. The maximum absolute atomic E-state index is 12.1. The zero-order valence-electron chi connectivity index (χ0n) is 12.4. The minimum Gasteiger partial charge on any atom is -0.496 e. The summed E-state index contributed by atoms with van der Waals surface area (Å²) in [4.78, 5) is 13.1. The molecule has 2 fully saturated rings. The third kappa shape index (κ3) is 2.97. The fourth-order valence-corrected chi connectivity index (χ4v) is 4.64. The standard InChI is InChI=1S/C17H22O3S/c1-20-14-8-4-5-9-15(14)21-17(10-11-17)16(19)12-6-2-3-7-13(12)18/h4-5,8-9,12,16,19H,2-3,6-7,10-11H2,1H3. The Morgan fingerprint density at radius 2 is 2.10 bits per heavy atom. The van der Waals surface area contributed by atoms with Crippen LogP contribution in [0.5, 0.6) is 5.75 Å². The van der Waals surface area contributed by atoms with Crippen LogP contribution in [0.25, 0.3) is 0 Å². The van der Waals surface area contributed by atoms with Gasteiger partial charge in [-0.2, -0.15) is 0 Å². The molecule has 0 amide bonds. The predicted molar refractivity (Wildman–Crippen MR) is 83.8 cm³/mol. The van der Waals surface area contributed by atoms with Crippen molar-refractivity contribution in [1.82, 2.24) is 0 Å². The van der Waals surface area contributed by atoms with Gasteiger partial charge in [0.1, 0.15) is 11.5 Å². The molecule has 3 rings (SSSR count). The van der Waals surface area contributed by atoms with Crippen molar-refractivity contribution in [3.05, 3.63) is 24.3 Å². The number of ether oxygens (including phenoxy) is 1. The van der Waals surface area contributed by atoms with Crippen LogP contribution in [0.3, 0.4) is 0 Å². The summed E-state index contributed by atoms with van der Waals surface area (Å²) < 4.78 is 5.21. The summed E-state index contributed by atoms with van der Waals surface area (Å²) in [6.45, 7) is 0. The van der Waals surface area contributed by atoms with E-state index >= 15 is 0 Å². The number of hydrogen-bond donors (Lipinski definition) is 1. The molecule has 2 atom stereocenters. The molecule has 0 aliphatic heterocycles. The molecule has 0 aromatic heterocycles. The Kier molecular flexibility index (Phi) is 4.27. The molecule has 2 saturated carbocycles. The number of ketones is 1. The number of hydrogen-bond acceptors (Lipinski definition) is 4. The van der Waals surface area contributed by atoms with Crippen molar-refractivity contribution < 1.29 is 14.6 Å². The maximum Gasteiger partial charge on any atom is 0.138 e. The van der Waals surface area contributed by atoms with Crippen LogP contribution in [0.2, 0.25) is 0 Å². The van der Waals surface area contributed by atoms with Crippen molar-refractivity contribution in [1.29, 1.82) is 0 Å². The highest BCUT2D eigenvalue weighted by Gasteiger charge is 2.54. The molecular weight excluding hydrogens is 284 g/mol. The topological polar surface area (TPSA) is 46.5 Å². The largest absolute Gasteiger partial charge is 0.496 e. The van der Waals surface area contributed by atoms with Gasteiger partial charge in [-0.1, -0.05) is 18.6 Å². The monoisotopic (exact) mass is 306 g/mol. The van der Waals surface area contributed by atoms with E-state index in [0.717, 1.165) is 42.7 Å². The van der Waals surface area contributed by atoms with Gasteiger partial charge in [-0.15, -0.1) is 11.8 Å². The summed E-state index contributed by atoms with van der Waals surface area (Å²) in [5.41, 5.74) is 0. The van der Waals surface area contributed by atoms with E-state index in [1.807, 2.05) is 24.3 Å². The van der Waals surface area contributed by atoms with E-state index in [2.05, 4.69) is 0 Å². The maximum atomic E-state index is 12.1. The molecule has 0 heterocycles. The average Bonchev–Trinajstić information content (AvgIpc) is 3.28. The van der Waals surface area contributed by atoms with Crippen LogP contribution in [0, 0.1) is 5.92 Å². The fraction of sp³-hybridized carbons (Fsp3) is 0.588. The first-order valence-electron chi connectivity index (χ1n) is 7.69. The summed E-state index contributed by atoms with van der Waals surface area (Å²) in [5, 5.41) is 10.8. The second kappa shape index (κ2) is 6.01. The van der Waals surface area contributed by atoms with E-state index in [-0.39, 0.29) is 16.4 Å². The lowest BCUT2D eigenvalue weighted by molar-refractivity contribution is -0.128. The Morgan fingerprint density at radius 1 is 1.33 bits per heavy atom. The minimum absolute atomic E-state index is 0.163. The second-order valence-electron chi connectivity index (χ2n) is 6.08. The second-order valence-corrected chi connectivity index (χ2v) is 7.54. The van der Waals surface area contributed by atoms with Crippen LogP contribution in [0.4, 0.5) is 0 Å². The molecule has 0 bridgehead atoms. The van der Waals surface area contributed by atoms with E-state index in [4.69, 9.17) is 4.74 Å². The summed E-state index contributed by atoms with van der Waals surface area (Å²) in [5.74, 6) is 0.931. The summed E-state index contributed by atoms with van der Waals surface area (Å²) in [6.07, 6.45) is 4.93. The zero-order chi connectivity index (χ0) is 14.9. The number of rotatable bonds is 5. The van der Waals surface area contributed by atoms with Gasteiger partial charge in [-0.05, 0) is 37.8 Å². The molecule has 2 unspecified atom stereocenters. The number of aliphatic hydroxyl groups is 1. The molecule has 1 aromatic carbocycles. The number of aliphatic hydroxyl groups excluding tert-OH is 1. The van der Waals surface area contributed by atoms with Gasteiger partial charge in [0.15, 0.2) is 0 Å². The van der Waals surface area contributed by atoms with E-state index in [1.54, 1.807) is 18.9 Å². The van der Waals surface area contributed by atoms with Crippen molar-refractivity contribution in [2.75, 3.05) is 7.11 Å². The van der Waals surface area contributed by atoms with Crippen molar-refractivity contribution in [3.8, 4) is 5.75 Å². The molecule has 1 N–H and O–H groups in total. The molecule has 1 aromatic rings. The van der Waals surface area contributed by atoms with E-state index < -0.39 is 6.10 Å². The highest BCUT2D eigenvalue weighted by atomic mass is 32.2. The highest BCUT2D eigenvalue weighted by molar-refractivity contribution is 8.01. The quantitative estimate of drug-likeness (QED) is 0.905. The smallest absolute Gasteiger partial charge is 0.138 e. The van der Waals surface area contributed by atoms with Crippen LogP contribution < -0.4 is 4.74 Å². The van der Waals surface area contributed by atoms with E-state index in [9.17, 15) is 9.90 Å². The third-order valence-electron chi connectivity index (χ3n) is 4.65. The van der Waals surface area contributed by atoms with E-state index in [1.165, 1.54) is 0 Å². The normalized spacial score (nSPS) is 25.4. The average molecular weight is 306 g/mol. The number of para-hydroxylation sites is 1. The number of carbonyl (C=O) groups is 1. The number of thioether (sulfide) groups is 1. The van der Waals surface area contributed by atoms with Crippen LogP contribution >= 0.6 is 11.8 Å². The summed E-state index contributed by atoms with van der Waals surface area (Å²) >= 11 is 1.68. The van der Waals surface area contributed by atoms with Crippen molar-refractivity contribution in [3.63, 3.8) is 0 Å². The van der Waals surface area contributed by atoms with Gasteiger partial charge in [0, 0.05) is 22.0 Å². The van der Waals surface area contributed by atoms with E-state index in [0.29, 0.717) is 6.42 Å². The van der Waals surface area contributed by atoms with Gasteiger partial charge in [0.05, 0.1) is 13.2 Å². The lowest BCUT2D eigenvalue weighted by Gasteiger charge is -2.31. The van der Waals surface area contributed by atoms with Gasteiger partial charge in [-0.3, -0.25) is 4.79 Å². The Morgan fingerprint density at radius 3 is 2.76 bits per heavy atom. The molecule has 0 radical (unpaired) electrons. The van der Waals surface area contributed by atoms with Gasteiger partial charge >= 0.3 is 0 Å². The lowest BCUT2D eigenvalue weighted by atomic mass is 9.82. The Bertz CT molecular complexity index is 525. The summed E-state index contributed by atoms with van der Waals surface area (Å²) in [7, 11) is 1.67. The lowest BCUT2D eigenvalue weighted by Crippen LogP contribution is -2.39. The Balaban J connectivity index is 1.76. The Hall–Kier alpha value is -1.00. The predicted octanol–water partition coefficient (Wildman–Crippen LogP) is 3.44. The van der Waals surface area contributed by atoms with Gasteiger partial charge in [-0.25, -0.2) is 0 Å². The molecule has 114 valence electrons. The van der Waals surface area contributed by atoms with Crippen LogP contribution in [0.15, 0.2) is 29.2 Å². The SMILES string of the molecule is COc1ccccc1SC1(C(O)C2CCCCC2=O)CC1. The van der Waals surface area contributed by atoms with Crippen molar-refractivity contribution in [2.45, 2.75) is 54.3 Å². The van der Waals surface area contributed by atoms with Crippen LogP contribution in [-0.2, 0) is 4.79 Å². The molecule has 0 spiro atoms. The first-order valence-corrected chi connectivity index (χ1v) is 8.51. The fourth-order valence-electron chi connectivity index (χ4n) is 3.21. The molecule has 0 saturated heterocycles. The number of Topliss-reactive ketones (excluding diaryl/α,β-unsaturated/α-hetero) is 1. The van der Waals surface area contributed by atoms with Crippen LogP contribution in [0.1, 0.15) is 38.5 Å². The highest BCUT2D eigenvalue weighted by Crippen LogP contribution is 2.57. The molecular formula is C17H22O3S. The van der Waals surface area contributed by atoms with Crippen LogP contribution in [-0.4, -0.2) is 28.9 Å². The molecule has 3 nitrogen and oxygen atoms in total. The van der Waals surface area contributed by atoms with Gasteiger partial charge in [0.25, 0.3) is 0 Å². The summed E-state index contributed by atoms with van der Waals surface area (Å²) in [6, 6.07) is 7.90. The first-order chi connectivity index (χ1) is 10.2. The number of methoxy groups -OCH3 is 1. The minimum atomic E-state index is -0.528. The number of benzene rings is 1. The van der Waals surface area contributed by atoms with Gasteiger partial charge in [0.2, 0.25) is 0 Å². The van der Waals surface area contributed by atoms with Crippen molar-refractivity contribution in [2.24, 2.45) is 5.92 Å². The molecule has 4 heteroatoms. The number of carbonyl (C=O) groups excluding carboxylic acids is 1. The molecule has 2 aliphatic rings. The Labute approximate surface area is 130 Å². The van der Waals surface area contributed by atoms with Gasteiger partial charge < -0.3 is 9.84 Å². The molecule has 21 heavy (non-hydrogen) atoms. The third-order valence-corrected chi connectivity index (χ3v) is 6.26.